The number of carbonyl (C=O) groups is 1. The number of fused-ring (bicyclic) bond motifs is 1. The summed E-state index contributed by atoms with van der Waals surface area (Å²) in [7, 11) is 0. The van der Waals surface area contributed by atoms with Crippen molar-refractivity contribution in [3.63, 3.8) is 0 Å². The van der Waals surface area contributed by atoms with Gasteiger partial charge >= 0.3 is 5.97 Å². The van der Waals surface area contributed by atoms with Crippen molar-refractivity contribution in [2.45, 2.75) is 17.5 Å². The average molecular weight is 361 g/mol. The second kappa shape index (κ2) is 7.07. The van der Waals surface area contributed by atoms with Crippen LogP contribution in [0, 0.1) is 0 Å². The highest BCUT2D eigenvalue weighted by Crippen LogP contribution is 2.23. The number of nitrogens with zero attached hydrogens (tertiary/aromatic N) is 2. The van der Waals surface area contributed by atoms with Crippen molar-refractivity contribution >= 4 is 40.2 Å². The van der Waals surface area contributed by atoms with Crippen LogP contribution in [0.15, 0.2) is 58.5 Å². The van der Waals surface area contributed by atoms with Crippen molar-refractivity contribution in [2.75, 3.05) is 0 Å². The number of rotatable bonds is 5. The van der Waals surface area contributed by atoms with Crippen molar-refractivity contribution in [1.82, 2.24) is 9.55 Å². The van der Waals surface area contributed by atoms with Crippen LogP contribution in [0.4, 0.5) is 0 Å². The molecule has 0 spiro atoms. The van der Waals surface area contributed by atoms with Gasteiger partial charge in [0.25, 0.3) is 5.56 Å². The van der Waals surface area contributed by atoms with Crippen LogP contribution in [0.1, 0.15) is 5.56 Å². The fraction of sp³-hybridized carbons (Fsp3) is 0.118. The van der Waals surface area contributed by atoms with Gasteiger partial charge in [-0.2, -0.15) is 0 Å². The molecule has 2 aromatic carbocycles. The molecule has 0 aliphatic rings. The minimum atomic E-state index is -1.08. The maximum absolute atomic E-state index is 12.6. The monoisotopic (exact) mass is 360 g/mol. The molecule has 0 saturated carbocycles. The van der Waals surface area contributed by atoms with Gasteiger partial charge in [0.15, 0.2) is 5.16 Å². The number of para-hydroxylation sites is 1. The fourth-order valence-electron chi connectivity index (χ4n) is 2.26. The summed E-state index contributed by atoms with van der Waals surface area (Å²) in [5.41, 5.74) is 1.22. The topological polar surface area (TPSA) is 72.2 Å². The van der Waals surface area contributed by atoms with E-state index in [0.717, 1.165) is 5.56 Å². The molecule has 7 heteroatoms. The number of thioether (sulfide) groups is 1. The minimum absolute atomic E-state index is 0.346. The zero-order valence-corrected chi connectivity index (χ0v) is 14.0. The Hall–Kier alpha value is -2.31. The van der Waals surface area contributed by atoms with E-state index in [-0.39, 0.29) is 5.56 Å². The van der Waals surface area contributed by atoms with Gasteiger partial charge in [0, 0.05) is 10.8 Å². The Bertz CT molecular complexity index is 954. The molecule has 0 radical (unpaired) electrons. The number of carboxylic acids is 1. The third-order valence-corrected chi connectivity index (χ3v) is 4.70. The molecule has 24 heavy (non-hydrogen) atoms. The predicted octanol–water partition coefficient (Wildman–Crippen LogP) is 3.43. The maximum atomic E-state index is 12.6. The molecule has 0 amide bonds. The van der Waals surface area contributed by atoms with E-state index >= 15 is 0 Å². The van der Waals surface area contributed by atoms with Crippen molar-refractivity contribution in [1.29, 1.82) is 0 Å². The Morgan fingerprint density at radius 1 is 1.17 bits per heavy atom. The third kappa shape index (κ3) is 3.60. The molecule has 5 nitrogen and oxygen atoms in total. The zero-order valence-electron chi connectivity index (χ0n) is 12.5. The van der Waals surface area contributed by atoms with E-state index in [9.17, 15) is 9.59 Å². The van der Waals surface area contributed by atoms with Crippen molar-refractivity contribution < 1.29 is 9.90 Å². The fourth-order valence-corrected chi connectivity index (χ4v) is 3.34. The molecule has 1 aromatic heterocycles. The lowest BCUT2D eigenvalue weighted by Gasteiger charge is -2.11. The van der Waals surface area contributed by atoms with Crippen LogP contribution >= 0.6 is 23.4 Å². The SMILES string of the molecule is O=C(O)Cn1c(SCc2ccc(Cl)cc2)nc2ccccc2c1=O. The van der Waals surface area contributed by atoms with E-state index in [2.05, 4.69) is 4.98 Å². The molecule has 1 N–H and O–H groups in total. The molecule has 0 atom stereocenters. The van der Waals surface area contributed by atoms with Gasteiger partial charge in [-0.25, -0.2) is 4.98 Å². The van der Waals surface area contributed by atoms with Crippen LogP contribution < -0.4 is 5.56 Å². The second-order valence-corrected chi connectivity index (χ2v) is 6.49. The standard InChI is InChI=1S/C17H13ClN2O3S/c18-12-7-5-11(6-8-12)10-24-17-19-14-4-2-1-3-13(14)16(23)20(17)9-15(21)22/h1-8H,9-10H2,(H,21,22). The summed E-state index contributed by atoms with van der Waals surface area (Å²) < 4.78 is 1.20. The molecule has 0 fully saturated rings. The van der Waals surface area contributed by atoms with Crippen LogP contribution in [0.5, 0.6) is 0 Å². The molecule has 0 bridgehead atoms. The van der Waals surface area contributed by atoms with Crippen LogP contribution in [-0.2, 0) is 17.1 Å². The van der Waals surface area contributed by atoms with Crippen LogP contribution in [-0.4, -0.2) is 20.6 Å². The smallest absolute Gasteiger partial charge is 0.323 e. The average Bonchev–Trinajstić information content (AvgIpc) is 2.57. The molecule has 1 heterocycles. The Morgan fingerprint density at radius 2 is 1.88 bits per heavy atom. The van der Waals surface area contributed by atoms with Gasteiger partial charge in [-0.15, -0.1) is 0 Å². The van der Waals surface area contributed by atoms with Gasteiger partial charge < -0.3 is 5.11 Å². The highest BCUT2D eigenvalue weighted by molar-refractivity contribution is 7.98. The summed E-state index contributed by atoms with van der Waals surface area (Å²) in [5, 5.41) is 10.5. The molecule has 0 saturated heterocycles. The summed E-state index contributed by atoms with van der Waals surface area (Å²) >= 11 is 7.19. The van der Waals surface area contributed by atoms with E-state index < -0.39 is 12.5 Å². The number of hydrogen-bond donors (Lipinski definition) is 1. The zero-order chi connectivity index (χ0) is 17.1. The largest absolute Gasteiger partial charge is 0.480 e. The first kappa shape index (κ1) is 16.5. The minimum Gasteiger partial charge on any atom is -0.480 e. The predicted molar refractivity (Wildman–Crippen MR) is 94.7 cm³/mol. The van der Waals surface area contributed by atoms with Crippen LogP contribution in [0.3, 0.4) is 0 Å². The summed E-state index contributed by atoms with van der Waals surface area (Å²) in [6, 6.07) is 14.3. The van der Waals surface area contributed by atoms with Crippen LogP contribution in [0.25, 0.3) is 10.9 Å². The second-order valence-electron chi connectivity index (χ2n) is 5.11. The lowest BCUT2D eigenvalue weighted by Crippen LogP contribution is -2.26. The van der Waals surface area contributed by atoms with E-state index in [4.69, 9.17) is 16.7 Å². The summed E-state index contributed by atoms with van der Waals surface area (Å²) in [6.07, 6.45) is 0. The number of hydrogen-bond acceptors (Lipinski definition) is 4. The number of aliphatic carboxylic acids is 1. The van der Waals surface area contributed by atoms with E-state index in [1.54, 1.807) is 36.4 Å². The molecular formula is C17H13ClN2O3S. The summed E-state index contributed by atoms with van der Waals surface area (Å²) in [5.74, 6) is -0.524. The molecule has 122 valence electrons. The first-order valence-corrected chi connectivity index (χ1v) is 8.49. The molecule has 0 aliphatic carbocycles. The van der Waals surface area contributed by atoms with Crippen molar-refractivity contribution in [2.24, 2.45) is 0 Å². The molecule has 3 rings (SSSR count). The quantitative estimate of drug-likeness (QED) is 0.557. The van der Waals surface area contributed by atoms with Gasteiger partial charge in [-0.1, -0.05) is 47.6 Å². The lowest BCUT2D eigenvalue weighted by molar-refractivity contribution is -0.137. The number of halogens is 1. The molecular weight excluding hydrogens is 348 g/mol. The molecule has 0 unspecified atom stereocenters. The highest BCUT2D eigenvalue weighted by atomic mass is 35.5. The van der Waals surface area contributed by atoms with Gasteiger partial charge in [0.1, 0.15) is 6.54 Å². The number of carboxylic acid groups (broad SMARTS) is 1. The van der Waals surface area contributed by atoms with Gasteiger partial charge in [0.2, 0.25) is 0 Å². The normalized spacial score (nSPS) is 10.9. The first-order chi connectivity index (χ1) is 11.5. The van der Waals surface area contributed by atoms with Crippen molar-refractivity contribution in [3.05, 3.63) is 69.5 Å². The van der Waals surface area contributed by atoms with Gasteiger partial charge in [0.05, 0.1) is 10.9 Å². The summed E-state index contributed by atoms with van der Waals surface area (Å²) in [6.45, 7) is -0.417. The third-order valence-electron chi connectivity index (χ3n) is 3.40. The lowest BCUT2D eigenvalue weighted by atomic mass is 10.2. The molecule has 3 aromatic rings. The first-order valence-electron chi connectivity index (χ1n) is 7.13. The van der Waals surface area contributed by atoms with Gasteiger partial charge in [-0.3, -0.25) is 14.2 Å². The Balaban J connectivity index is 1.99. The molecule has 0 aliphatic heterocycles. The van der Waals surface area contributed by atoms with Gasteiger partial charge in [-0.05, 0) is 29.8 Å². The highest BCUT2D eigenvalue weighted by Gasteiger charge is 2.14. The van der Waals surface area contributed by atoms with E-state index in [1.807, 2.05) is 12.1 Å². The van der Waals surface area contributed by atoms with Crippen molar-refractivity contribution in [3.8, 4) is 0 Å². The Morgan fingerprint density at radius 3 is 2.58 bits per heavy atom. The summed E-state index contributed by atoms with van der Waals surface area (Å²) in [4.78, 5) is 28.1. The Labute approximate surface area is 146 Å². The van der Waals surface area contributed by atoms with E-state index in [0.29, 0.717) is 26.8 Å². The number of benzene rings is 2. The van der Waals surface area contributed by atoms with E-state index in [1.165, 1.54) is 16.3 Å². The van der Waals surface area contributed by atoms with Crippen LogP contribution in [0.2, 0.25) is 5.02 Å². The Kier molecular flexibility index (Phi) is 4.87. The maximum Gasteiger partial charge on any atom is 0.323 e. The number of aromatic nitrogens is 2.